The zero-order chi connectivity index (χ0) is 22.4. The van der Waals surface area contributed by atoms with E-state index >= 15 is 0 Å². The third-order valence-corrected chi connectivity index (χ3v) is 7.87. The molecule has 0 spiro atoms. The maximum atomic E-state index is 14.3. The van der Waals surface area contributed by atoms with E-state index in [2.05, 4.69) is 25.9 Å². The Morgan fingerprint density at radius 3 is 2.58 bits per heavy atom. The van der Waals surface area contributed by atoms with Crippen LogP contribution in [0.2, 0.25) is 0 Å². The molecule has 1 saturated heterocycles. The molecule has 1 N–H and O–H groups in total. The molecule has 0 saturated carbocycles. The van der Waals surface area contributed by atoms with Crippen LogP contribution in [0.15, 0.2) is 64.6 Å². The maximum Gasteiger partial charge on any atom is 0.230 e. The summed E-state index contributed by atoms with van der Waals surface area (Å²) in [5, 5.41) is 17.6. The van der Waals surface area contributed by atoms with E-state index in [1.54, 1.807) is 35.8 Å². The SMILES string of the molecule is Oc1c([C@H](c2cccs2)N2CCN(c3ccccc3F)CC2)sc2nc(-c3ccco3)nn12. The number of nitrogens with zero attached hydrogens (tertiary/aromatic N) is 5. The Bertz CT molecular complexity index is 1370. The maximum absolute atomic E-state index is 14.3. The molecule has 1 aliphatic rings. The predicted molar refractivity (Wildman–Crippen MR) is 127 cm³/mol. The molecule has 4 aromatic heterocycles. The van der Waals surface area contributed by atoms with Crippen LogP contribution in [0.5, 0.6) is 5.88 Å². The first kappa shape index (κ1) is 20.4. The summed E-state index contributed by atoms with van der Waals surface area (Å²) in [6, 6.07) is 14.5. The molecule has 6 rings (SSSR count). The minimum atomic E-state index is -0.198. The van der Waals surface area contributed by atoms with Crippen molar-refractivity contribution >= 4 is 33.3 Å². The van der Waals surface area contributed by atoms with Crippen molar-refractivity contribution in [1.82, 2.24) is 19.5 Å². The van der Waals surface area contributed by atoms with E-state index < -0.39 is 0 Å². The first-order valence-electron chi connectivity index (χ1n) is 10.6. The summed E-state index contributed by atoms with van der Waals surface area (Å²) < 4.78 is 21.2. The van der Waals surface area contributed by atoms with Crippen LogP contribution >= 0.6 is 22.7 Å². The van der Waals surface area contributed by atoms with Crippen molar-refractivity contribution in [2.24, 2.45) is 0 Å². The topological polar surface area (TPSA) is 70.0 Å². The van der Waals surface area contributed by atoms with Gasteiger partial charge in [0.25, 0.3) is 0 Å². The summed E-state index contributed by atoms with van der Waals surface area (Å²) in [4.78, 5) is 11.5. The van der Waals surface area contributed by atoms with Crippen molar-refractivity contribution in [3.8, 4) is 17.5 Å². The number of furan rings is 1. The van der Waals surface area contributed by atoms with Gasteiger partial charge in [-0.1, -0.05) is 29.5 Å². The van der Waals surface area contributed by atoms with Gasteiger partial charge in [0.05, 0.1) is 22.9 Å². The lowest BCUT2D eigenvalue weighted by Gasteiger charge is -2.39. The smallest absolute Gasteiger partial charge is 0.230 e. The molecule has 33 heavy (non-hydrogen) atoms. The summed E-state index contributed by atoms with van der Waals surface area (Å²) in [5.74, 6) is 0.900. The van der Waals surface area contributed by atoms with E-state index in [1.807, 2.05) is 23.6 Å². The number of hydrogen-bond acceptors (Lipinski definition) is 8. The average Bonchev–Trinajstić information content (AvgIpc) is 3.63. The largest absolute Gasteiger partial charge is 0.492 e. The Hall–Kier alpha value is -3.21. The van der Waals surface area contributed by atoms with Gasteiger partial charge in [-0.3, -0.25) is 4.90 Å². The van der Waals surface area contributed by atoms with Crippen LogP contribution in [0.1, 0.15) is 15.8 Å². The molecule has 168 valence electrons. The second-order valence-corrected chi connectivity index (χ2v) is 9.78. The van der Waals surface area contributed by atoms with E-state index in [9.17, 15) is 9.50 Å². The van der Waals surface area contributed by atoms with Gasteiger partial charge in [0.15, 0.2) is 5.76 Å². The number of para-hydroxylation sites is 1. The molecule has 5 aromatic rings. The number of thiophene rings is 1. The number of hydrogen-bond donors (Lipinski definition) is 1. The first-order valence-corrected chi connectivity index (χ1v) is 12.3. The minimum absolute atomic E-state index is 0.0928. The highest BCUT2D eigenvalue weighted by molar-refractivity contribution is 7.17. The van der Waals surface area contributed by atoms with Gasteiger partial charge in [0.2, 0.25) is 16.7 Å². The molecule has 0 amide bonds. The number of anilines is 1. The highest BCUT2D eigenvalue weighted by Gasteiger charge is 2.33. The summed E-state index contributed by atoms with van der Waals surface area (Å²) >= 11 is 3.09. The Kier molecular flexibility index (Phi) is 5.12. The van der Waals surface area contributed by atoms with Crippen LogP contribution in [0.25, 0.3) is 16.5 Å². The lowest BCUT2D eigenvalue weighted by molar-refractivity contribution is 0.213. The van der Waals surface area contributed by atoms with Gasteiger partial charge in [-0.25, -0.2) is 4.39 Å². The standard InChI is InChI=1S/C23H20FN5O2S2/c24-15-5-1-2-6-16(15)27-9-11-28(12-10-27)19(18-8-4-14-32-18)20-22(30)29-23(33-20)25-21(26-29)17-7-3-13-31-17/h1-8,13-14,19,30H,9-12H2/t19-/m0/s1. The second-order valence-electron chi connectivity index (χ2n) is 7.79. The lowest BCUT2D eigenvalue weighted by atomic mass is 10.1. The molecular formula is C23H20FN5O2S2. The fraction of sp³-hybridized carbons (Fsp3) is 0.217. The van der Waals surface area contributed by atoms with E-state index in [4.69, 9.17) is 4.42 Å². The highest BCUT2D eigenvalue weighted by Crippen LogP contribution is 2.42. The van der Waals surface area contributed by atoms with Crippen LogP contribution in [0, 0.1) is 5.82 Å². The van der Waals surface area contributed by atoms with Gasteiger partial charge in [0.1, 0.15) is 5.82 Å². The van der Waals surface area contributed by atoms with Gasteiger partial charge >= 0.3 is 0 Å². The first-order chi connectivity index (χ1) is 16.2. The number of halogens is 1. The summed E-state index contributed by atoms with van der Waals surface area (Å²) in [6.07, 6.45) is 1.57. The number of benzene rings is 1. The Morgan fingerprint density at radius 2 is 1.88 bits per heavy atom. The number of fused-ring (bicyclic) bond motifs is 1. The molecule has 7 nitrogen and oxygen atoms in total. The predicted octanol–water partition coefficient (Wildman–Crippen LogP) is 4.87. The van der Waals surface area contributed by atoms with Crippen molar-refractivity contribution in [3.63, 3.8) is 0 Å². The van der Waals surface area contributed by atoms with E-state index in [0.29, 0.717) is 35.3 Å². The molecular weight excluding hydrogens is 461 g/mol. The number of thiazole rings is 1. The van der Waals surface area contributed by atoms with Crippen LogP contribution in [0.4, 0.5) is 10.1 Å². The zero-order valence-corrected chi connectivity index (χ0v) is 19.1. The normalized spacial score (nSPS) is 16.0. The highest BCUT2D eigenvalue weighted by atomic mass is 32.1. The lowest BCUT2D eigenvalue weighted by Crippen LogP contribution is -2.48. The number of rotatable bonds is 5. The average molecular weight is 482 g/mol. The van der Waals surface area contributed by atoms with Gasteiger partial charge < -0.3 is 14.4 Å². The molecule has 0 bridgehead atoms. The van der Waals surface area contributed by atoms with E-state index in [0.717, 1.165) is 22.8 Å². The monoisotopic (exact) mass is 481 g/mol. The number of aromatic hydroxyl groups is 1. The molecule has 0 unspecified atom stereocenters. The Balaban J connectivity index is 1.31. The quantitative estimate of drug-likeness (QED) is 0.386. The fourth-order valence-electron chi connectivity index (χ4n) is 4.29. The summed E-state index contributed by atoms with van der Waals surface area (Å²) in [5.41, 5.74) is 0.636. The molecule has 1 fully saturated rings. The Labute approximate surface area is 197 Å². The van der Waals surface area contributed by atoms with Gasteiger partial charge in [-0.15, -0.1) is 16.4 Å². The molecule has 1 aliphatic heterocycles. The molecule has 1 atom stereocenters. The van der Waals surface area contributed by atoms with Crippen LogP contribution in [-0.2, 0) is 0 Å². The van der Waals surface area contributed by atoms with Gasteiger partial charge in [0, 0.05) is 31.1 Å². The molecule has 1 aromatic carbocycles. The minimum Gasteiger partial charge on any atom is -0.492 e. The van der Waals surface area contributed by atoms with Gasteiger partial charge in [-0.05, 0) is 35.7 Å². The third-order valence-electron chi connectivity index (χ3n) is 5.87. The zero-order valence-electron chi connectivity index (χ0n) is 17.5. The summed E-state index contributed by atoms with van der Waals surface area (Å²) in [7, 11) is 0. The van der Waals surface area contributed by atoms with Crippen molar-refractivity contribution in [2.45, 2.75) is 6.04 Å². The molecule has 0 aliphatic carbocycles. The third kappa shape index (κ3) is 3.60. The molecule has 5 heterocycles. The van der Waals surface area contributed by atoms with Crippen molar-refractivity contribution in [2.75, 3.05) is 31.1 Å². The number of piperazine rings is 1. The fourth-order valence-corrected chi connectivity index (χ4v) is 6.34. The Morgan fingerprint density at radius 1 is 1.03 bits per heavy atom. The van der Waals surface area contributed by atoms with Crippen LogP contribution < -0.4 is 4.90 Å². The second kappa shape index (κ2) is 8.29. The number of aromatic nitrogens is 3. The van der Waals surface area contributed by atoms with E-state index in [-0.39, 0.29) is 17.7 Å². The van der Waals surface area contributed by atoms with Gasteiger partial charge in [-0.2, -0.15) is 9.50 Å². The molecule has 0 radical (unpaired) electrons. The van der Waals surface area contributed by atoms with Crippen molar-refractivity contribution < 1.29 is 13.9 Å². The van der Waals surface area contributed by atoms with Crippen molar-refractivity contribution in [3.05, 3.63) is 75.7 Å². The van der Waals surface area contributed by atoms with Crippen LogP contribution in [0.3, 0.4) is 0 Å². The van der Waals surface area contributed by atoms with Crippen molar-refractivity contribution in [1.29, 1.82) is 0 Å². The molecule has 10 heteroatoms. The van der Waals surface area contributed by atoms with E-state index in [1.165, 1.54) is 21.9 Å². The van der Waals surface area contributed by atoms with Crippen LogP contribution in [-0.4, -0.2) is 50.8 Å². The summed E-state index contributed by atoms with van der Waals surface area (Å²) in [6.45, 7) is 2.88.